The van der Waals surface area contributed by atoms with Crippen LogP contribution in [-0.2, 0) is 9.47 Å². The first-order valence-electron chi connectivity index (χ1n) is 7.64. The molecule has 0 aliphatic rings. The van der Waals surface area contributed by atoms with Crippen LogP contribution >= 0.6 is 0 Å². The van der Waals surface area contributed by atoms with E-state index in [1.807, 2.05) is 0 Å². The first-order chi connectivity index (χ1) is 9.24. The van der Waals surface area contributed by atoms with Gasteiger partial charge in [-0.3, -0.25) is 0 Å². The highest BCUT2D eigenvalue weighted by Crippen LogP contribution is 2.18. The number of ether oxygens (including phenoxy) is 2. The number of hydrogen-bond acceptors (Lipinski definition) is 4. The van der Waals surface area contributed by atoms with Gasteiger partial charge in [0, 0.05) is 0 Å². The van der Waals surface area contributed by atoms with E-state index in [0.29, 0.717) is 12.5 Å². The van der Waals surface area contributed by atoms with E-state index >= 15 is 0 Å². The second kappa shape index (κ2) is 13.7. The zero-order valence-electron chi connectivity index (χ0n) is 12.5. The number of carbonyl (C=O) groups is 1. The average Bonchev–Trinajstić information content (AvgIpc) is 2.43. The van der Waals surface area contributed by atoms with Gasteiger partial charge in [-0.25, -0.2) is 4.79 Å². The van der Waals surface area contributed by atoms with E-state index in [1.165, 1.54) is 38.5 Å². The minimum absolute atomic E-state index is 0.00889. The third-order valence-electron chi connectivity index (χ3n) is 3.18. The summed E-state index contributed by atoms with van der Waals surface area (Å²) in [5, 5.41) is 8.54. The van der Waals surface area contributed by atoms with Crippen molar-refractivity contribution >= 4 is 6.16 Å². The van der Waals surface area contributed by atoms with E-state index in [4.69, 9.17) is 9.84 Å². The third-order valence-corrected chi connectivity index (χ3v) is 3.18. The number of rotatable bonds is 12. The predicted molar refractivity (Wildman–Crippen MR) is 76.2 cm³/mol. The van der Waals surface area contributed by atoms with Crippen LogP contribution in [0.4, 0.5) is 4.79 Å². The van der Waals surface area contributed by atoms with Crippen LogP contribution in [0.3, 0.4) is 0 Å². The average molecular weight is 274 g/mol. The molecule has 0 bridgehead atoms. The molecule has 1 N–H and O–H groups in total. The molecular formula is C15H30O4. The molecule has 1 atom stereocenters. The van der Waals surface area contributed by atoms with E-state index in [9.17, 15) is 4.79 Å². The Hall–Kier alpha value is -0.770. The van der Waals surface area contributed by atoms with Gasteiger partial charge in [-0.05, 0) is 18.8 Å². The molecule has 0 fully saturated rings. The molecular weight excluding hydrogens is 244 g/mol. The molecule has 0 aliphatic carbocycles. The Kier molecular flexibility index (Phi) is 13.1. The smallest absolute Gasteiger partial charge is 0.434 e. The fraction of sp³-hybridized carbons (Fsp3) is 0.933. The maximum atomic E-state index is 11.2. The minimum atomic E-state index is -0.663. The third kappa shape index (κ3) is 12.0. The lowest BCUT2D eigenvalue weighted by Gasteiger charge is -2.16. The van der Waals surface area contributed by atoms with Crippen LogP contribution in [0.25, 0.3) is 0 Å². The summed E-state index contributed by atoms with van der Waals surface area (Å²) < 4.78 is 9.77. The van der Waals surface area contributed by atoms with Gasteiger partial charge in [0.05, 0.1) is 13.2 Å². The molecule has 0 radical (unpaired) electrons. The van der Waals surface area contributed by atoms with Crippen molar-refractivity contribution < 1.29 is 19.4 Å². The molecule has 0 saturated heterocycles. The topological polar surface area (TPSA) is 55.8 Å². The Morgan fingerprint density at radius 1 is 1.00 bits per heavy atom. The van der Waals surface area contributed by atoms with Crippen LogP contribution in [0.15, 0.2) is 0 Å². The molecule has 0 aromatic rings. The van der Waals surface area contributed by atoms with Gasteiger partial charge in [0.25, 0.3) is 0 Å². The van der Waals surface area contributed by atoms with Crippen LogP contribution in [0, 0.1) is 5.92 Å². The molecule has 114 valence electrons. The summed E-state index contributed by atoms with van der Waals surface area (Å²) in [6.07, 6.45) is 8.88. The largest absolute Gasteiger partial charge is 0.508 e. The van der Waals surface area contributed by atoms with Crippen LogP contribution in [-0.4, -0.2) is 31.1 Å². The lowest BCUT2D eigenvalue weighted by atomic mass is 9.96. The van der Waals surface area contributed by atoms with Crippen molar-refractivity contribution in [3.8, 4) is 0 Å². The summed E-state index contributed by atoms with van der Waals surface area (Å²) in [6.45, 7) is 4.66. The van der Waals surface area contributed by atoms with Gasteiger partial charge < -0.3 is 14.6 Å². The molecule has 1 unspecified atom stereocenters. The highest BCUT2D eigenvalue weighted by atomic mass is 16.7. The Balaban J connectivity index is 3.80. The molecule has 0 amide bonds. The van der Waals surface area contributed by atoms with Crippen molar-refractivity contribution in [2.45, 2.75) is 65.2 Å². The quantitative estimate of drug-likeness (QED) is 0.433. The first kappa shape index (κ1) is 18.2. The van der Waals surface area contributed by atoms with Crippen molar-refractivity contribution in [3.05, 3.63) is 0 Å². The molecule has 0 saturated carbocycles. The number of hydrogen-bond donors (Lipinski definition) is 1. The normalized spacial score (nSPS) is 12.2. The maximum absolute atomic E-state index is 11.2. The zero-order chi connectivity index (χ0) is 14.3. The Bertz CT molecular complexity index is 206. The SMILES string of the molecule is CCCCCCC(CCCC)COC(=O)OCCO. The van der Waals surface area contributed by atoms with Crippen LogP contribution in [0.5, 0.6) is 0 Å². The summed E-state index contributed by atoms with van der Waals surface area (Å²) in [5.74, 6) is 0.443. The molecule has 19 heavy (non-hydrogen) atoms. The number of aliphatic hydroxyl groups is 1. The second-order valence-electron chi connectivity index (χ2n) is 4.99. The predicted octanol–water partition coefficient (Wildman–Crippen LogP) is 3.91. The van der Waals surface area contributed by atoms with Gasteiger partial charge in [-0.1, -0.05) is 52.4 Å². The molecule has 0 aromatic carbocycles. The second-order valence-corrected chi connectivity index (χ2v) is 4.99. The van der Waals surface area contributed by atoms with E-state index in [0.717, 1.165) is 12.8 Å². The van der Waals surface area contributed by atoms with Crippen LogP contribution in [0.1, 0.15) is 65.2 Å². The van der Waals surface area contributed by atoms with Gasteiger partial charge in [0.1, 0.15) is 6.61 Å². The van der Waals surface area contributed by atoms with Gasteiger partial charge in [-0.2, -0.15) is 0 Å². The van der Waals surface area contributed by atoms with E-state index < -0.39 is 6.16 Å². The number of unbranched alkanes of at least 4 members (excludes halogenated alkanes) is 4. The summed E-state index contributed by atoms with van der Waals surface area (Å²) in [7, 11) is 0. The summed E-state index contributed by atoms with van der Waals surface area (Å²) >= 11 is 0. The number of carbonyl (C=O) groups excluding carboxylic acids is 1. The zero-order valence-corrected chi connectivity index (χ0v) is 12.5. The monoisotopic (exact) mass is 274 g/mol. The lowest BCUT2D eigenvalue weighted by Crippen LogP contribution is -2.16. The number of aliphatic hydroxyl groups excluding tert-OH is 1. The van der Waals surface area contributed by atoms with Gasteiger partial charge >= 0.3 is 6.16 Å². The molecule has 0 spiro atoms. The Labute approximate surface area is 117 Å². The standard InChI is InChI=1S/C15H30O4/c1-3-5-7-8-10-14(9-6-4-2)13-19-15(17)18-12-11-16/h14,16H,3-13H2,1-2H3. The fourth-order valence-electron chi connectivity index (χ4n) is 2.02. The molecule has 0 heterocycles. The van der Waals surface area contributed by atoms with E-state index in [2.05, 4.69) is 18.6 Å². The van der Waals surface area contributed by atoms with E-state index in [-0.39, 0.29) is 13.2 Å². The van der Waals surface area contributed by atoms with Gasteiger partial charge in [-0.15, -0.1) is 0 Å². The molecule has 0 rings (SSSR count). The van der Waals surface area contributed by atoms with Crippen molar-refractivity contribution in [1.82, 2.24) is 0 Å². The van der Waals surface area contributed by atoms with E-state index in [1.54, 1.807) is 0 Å². The summed E-state index contributed by atoms with van der Waals surface area (Å²) in [4.78, 5) is 11.2. The minimum Gasteiger partial charge on any atom is -0.434 e. The highest BCUT2D eigenvalue weighted by Gasteiger charge is 2.12. The van der Waals surface area contributed by atoms with Crippen LogP contribution in [0.2, 0.25) is 0 Å². The molecule has 0 aliphatic heterocycles. The summed E-state index contributed by atoms with van der Waals surface area (Å²) in [5.41, 5.74) is 0. The van der Waals surface area contributed by atoms with Crippen molar-refractivity contribution in [2.24, 2.45) is 5.92 Å². The Morgan fingerprint density at radius 3 is 2.32 bits per heavy atom. The molecule has 4 nitrogen and oxygen atoms in total. The fourth-order valence-corrected chi connectivity index (χ4v) is 2.02. The maximum Gasteiger partial charge on any atom is 0.508 e. The highest BCUT2D eigenvalue weighted by molar-refractivity contribution is 5.59. The van der Waals surface area contributed by atoms with Crippen molar-refractivity contribution in [1.29, 1.82) is 0 Å². The summed E-state index contributed by atoms with van der Waals surface area (Å²) in [6, 6.07) is 0. The van der Waals surface area contributed by atoms with Gasteiger partial charge in [0.15, 0.2) is 0 Å². The van der Waals surface area contributed by atoms with Crippen molar-refractivity contribution in [2.75, 3.05) is 19.8 Å². The first-order valence-corrected chi connectivity index (χ1v) is 7.64. The van der Waals surface area contributed by atoms with Gasteiger partial charge in [0.2, 0.25) is 0 Å². The van der Waals surface area contributed by atoms with Crippen LogP contribution < -0.4 is 0 Å². The Morgan fingerprint density at radius 2 is 1.68 bits per heavy atom. The molecule has 4 heteroatoms. The lowest BCUT2D eigenvalue weighted by molar-refractivity contribution is 0.0319. The molecule has 0 aromatic heterocycles. The van der Waals surface area contributed by atoms with Crippen molar-refractivity contribution in [3.63, 3.8) is 0 Å².